The predicted molar refractivity (Wildman–Crippen MR) is 92.0 cm³/mol. The number of ether oxygens (including phenoxy) is 1. The largest absolute Gasteiger partial charge is 0.497 e. The average molecular weight is 349 g/mol. The van der Waals surface area contributed by atoms with E-state index in [0.29, 0.717) is 6.54 Å². The van der Waals surface area contributed by atoms with Gasteiger partial charge < -0.3 is 15.4 Å². The summed E-state index contributed by atoms with van der Waals surface area (Å²) in [6.45, 7) is 1.50. The minimum absolute atomic E-state index is 0.658. The van der Waals surface area contributed by atoms with Crippen LogP contribution in [-0.4, -0.2) is 20.7 Å². The second-order valence-corrected chi connectivity index (χ2v) is 5.93. The Morgan fingerprint density at radius 1 is 1.14 bits per heavy atom. The lowest BCUT2D eigenvalue weighted by Gasteiger charge is -2.23. The molecule has 0 amide bonds. The highest BCUT2D eigenvalue weighted by Gasteiger charge is 2.09. The molecule has 0 aliphatic rings. The van der Waals surface area contributed by atoms with Crippen LogP contribution in [-0.2, 0) is 13.0 Å². The Labute approximate surface area is 134 Å². The van der Waals surface area contributed by atoms with E-state index in [1.165, 1.54) is 16.8 Å². The molecule has 112 valence electrons. The summed E-state index contributed by atoms with van der Waals surface area (Å²) in [5.74, 6) is 0.882. The van der Waals surface area contributed by atoms with Crippen molar-refractivity contribution in [3.05, 3.63) is 58.1 Å². The second kappa shape index (κ2) is 7.48. The first-order valence-electron chi connectivity index (χ1n) is 6.96. The molecule has 21 heavy (non-hydrogen) atoms. The highest BCUT2D eigenvalue weighted by Crippen LogP contribution is 2.26. The third-order valence-electron chi connectivity index (χ3n) is 3.45. The lowest BCUT2D eigenvalue weighted by molar-refractivity contribution is 0.414. The number of nitrogens with two attached hydrogens (primary N) is 1. The van der Waals surface area contributed by atoms with E-state index < -0.39 is 0 Å². The van der Waals surface area contributed by atoms with Crippen LogP contribution in [0.15, 0.2) is 46.9 Å². The van der Waals surface area contributed by atoms with Crippen LogP contribution in [0, 0.1) is 0 Å². The molecule has 0 spiro atoms. The lowest BCUT2D eigenvalue weighted by Crippen LogP contribution is -2.19. The Morgan fingerprint density at radius 2 is 1.86 bits per heavy atom. The van der Waals surface area contributed by atoms with Gasteiger partial charge in [0.15, 0.2) is 0 Å². The van der Waals surface area contributed by atoms with E-state index >= 15 is 0 Å². The van der Waals surface area contributed by atoms with Gasteiger partial charge in [-0.3, -0.25) is 0 Å². The van der Waals surface area contributed by atoms with Crippen molar-refractivity contribution >= 4 is 21.6 Å². The summed E-state index contributed by atoms with van der Waals surface area (Å²) in [5.41, 5.74) is 9.44. The fraction of sp³-hybridized carbons (Fsp3) is 0.294. The van der Waals surface area contributed by atoms with Gasteiger partial charge in [-0.05, 0) is 48.4 Å². The van der Waals surface area contributed by atoms with Crippen LogP contribution < -0.4 is 15.4 Å². The molecule has 0 unspecified atom stereocenters. The van der Waals surface area contributed by atoms with Gasteiger partial charge in [-0.2, -0.15) is 0 Å². The maximum absolute atomic E-state index is 5.71. The van der Waals surface area contributed by atoms with Gasteiger partial charge in [0.1, 0.15) is 5.75 Å². The Bertz CT molecular complexity index is 584. The lowest BCUT2D eigenvalue weighted by atomic mass is 10.1. The topological polar surface area (TPSA) is 38.5 Å². The Hall–Kier alpha value is -1.52. The normalized spacial score (nSPS) is 10.5. The van der Waals surface area contributed by atoms with Gasteiger partial charge in [0.2, 0.25) is 0 Å². The molecule has 0 fully saturated rings. The monoisotopic (exact) mass is 348 g/mol. The first-order chi connectivity index (χ1) is 10.1. The van der Waals surface area contributed by atoms with Crippen molar-refractivity contribution in [3.8, 4) is 5.75 Å². The van der Waals surface area contributed by atoms with Crippen molar-refractivity contribution in [2.45, 2.75) is 13.0 Å². The van der Waals surface area contributed by atoms with Crippen LogP contribution in [0.2, 0.25) is 0 Å². The molecule has 0 aliphatic heterocycles. The summed E-state index contributed by atoms with van der Waals surface area (Å²) in [4.78, 5) is 2.25. The SMILES string of the molecule is COc1ccc(CN(C)c2cc(Br)ccc2CCN)cc1. The van der Waals surface area contributed by atoms with Gasteiger partial charge in [0.05, 0.1) is 7.11 Å². The summed E-state index contributed by atoms with van der Waals surface area (Å²) in [6.07, 6.45) is 0.884. The van der Waals surface area contributed by atoms with Gasteiger partial charge in [0, 0.05) is 23.8 Å². The summed E-state index contributed by atoms with van der Waals surface area (Å²) in [7, 11) is 3.79. The fourth-order valence-corrected chi connectivity index (χ4v) is 2.70. The predicted octanol–water partition coefficient (Wildman–Crippen LogP) is 3.60. The summed E-state index contributed by atoms with van der Waals surface area (Å²) in [6, 6.07) is 14.5. The van der Waals surface area contributed by atoms with E-state index in [1.807, 2.05) is 12.1 Å². The fourth-order valence-electron chi connectivity index (χ4n) is 2.35. The number of anilines is 1. The number of hydrogen-bond donors (Lipinski definition) is 1. The zero-order chi connectivity index (χ0) is 15.2. The van der Waals surface area contributed by atoms with E-state index in [2.05, 4.69) is 58.2 Å². The summed E-state index contributed by atoms with van der Waals surface area (Å²) < 4.78 is 6.28. The van der Waals surface area contributed by atoms with Gasteiger partial charge >= 0.3 is 0 Å². The van der Waals surface area contributed by atoms with Crippen LogP contribution >= 0.6 is 15.9 Å². The molecule has 0 atom stereocenters. The number of halogens is 1. The molecular weight excluding hydrogens is 328 g/mol. The van der Waals surface area contributed by atoms with Gasteiger partial charge in [-0.15, -0.1) is 0 Å². The molecule has 2 aromatic rings. The minimum Gasteiger partial charge on any atom is -0.497 e. The average Bonchev–Trinajstić information content (AvgIpc) is 2.50. The van der Waals surface area contributed by atoms with Crippen molar-refractivity contribution in [2.75, 3.05) is 25.6 Å². The molecule has 3 nitrogen and oxygen atoms in total. The molecule has 2 rings (SSSR count). The maximum Gasteiger partial charge on any atom is 0.118 e. The zero-order valence-corrected chi connectivity index (χ0v) is 14.1. The number of hydrogen-bond acceptors (Lipinski definition) is 3. The molecule has 0 saturated heterocycles. The zero-order valence-electron chi connectivity index (χ0n) is 12.5. The molecule has 2 N–H and O–H groups in total. The quantitative estimate of drug-likeness (QED) is 0.866. The van der Waals surface area contributed by atoms with Crippen LogP contribution in [0.3, 0.4) is 0 Å². The Kier molecular flexibility index (Phi) is 5.65. The number of methoxy groups -OCH3 is 1. The highest BCUT2D eigenvalue weighted by atomic mass is 79.9. The highest BCUT2D eigenvalue weighted by molar-refractivity contribution is 9.10. The molecule has 4 heteroatoms. The first kappa shape index (κ1) is 15.9. The van der Waals surface area contributed by atoms with E-state index in [9.17, 15) is 0 Å². The van der Waals surface area contributed by atoms with Crippen LogP contribution in [0.1, 0.15) is 11.1 Å². The molecular formula is C17H21BrN2O. The molecule has 0 saturated carbocycles. The smallest absolute Gasteiger partial charge is 0.118 e. The molecule has 0 bridgehead atoms. The second-order valence-electron chi connectivity index (χ2n) is 5.02. The number of rotatable bonds is 6. The van der Waals surface area contributed by atoms with E-state index in [4.69, 9.17) is 10.5 Å². The van der Waals surface area contributed by atoms with Crippen LogP contribution in [0.25, 0.3) is 0 Å². The number of nitrogens with zero attached hydrogens (tertiary/aromatic N) is 1. The molecule has 0 aromatic heterocycles. The van der Waals surface area contributed by atoms with E-state index in [-0.39, 0.29) is 0 Å². The van der Waals surface area contributed by atoms with E-state index in [1.54, 1.807) is 7.11 Å². The molecule has 0 radical (unpaired) electrons. The third kappa shape index (κ3) is 4.22. The molecule has 0 aliphatic carbocycles. The number of benzene rings is 2. The third-order valence-corrected chi connectivity index (χ3v) is 3.94. The Balaban J connectivity index is 2.18. The van der Waals surface area contributed by atoms with E-state index in [0.717, 1.165) is 23.2 Å². The first-order valence-corrected chi connectivity index (χ1v) is 7.76. The maximum atomic E-state index is 5.71. The van der Waals surface area contributed by atoms with Crippen molar-refractivity contribution in [1.29, 1.82) is 0 Å². The Morgan fingerprint density at radius 3 is 2.48 bits per heavy atom. The summed E-state index contributed by atoms with van der Waals surface area (Å²) >= 11 is 3.55. The van der Waals surface area contributed by atoms with Crippen molar-refractivity contribution in [2.24, 2.45) is 5.73 Å². The van der Waals surface area contributed by atoms with Crippen molar-refractivity contribution in [3.63, 3.8) is 0 Å². The standard InChI is InChI=1S/C17H21BrN2O/c1-20(12-13-3-7-16(21-2)8-4-13)17-11-15(18)6-5-14(17)9-10-19/h3-8,11H,9-10,12,19H2,1-2H3. The van der Waals surface area contributed by atoms with Gasteiger partial charge in [-0.1, -0.05) is 34.1 Å². The van der Waals surface area contributed by atoms with Crippen molar-refractivity contribution < 1.29 is 4.74 Å². The van der Waals surface area contributed by atoms with Gasteiger partial charge in [-0.25, -0.2) is 0 Å². The minimum atomic E-state index is 0.658. The van der Waals surface area contributed by atoms with Crippen LogP contribution in [0.5, 0.6) is 5.75 Å². The summed E-state index contributed by atoms with van der Waals surface area (Å²) in [5, 5.41) is 0. The van der Waals surface area contributed by atoms with Crippen molar-refractivity contribution in [1.82, 2.24) is 0 Å². The molecule has 2 aromatic carbocycles. The van der Waals surface area contributed by atoms with Crippen LogP contribution in [0.4, 0.5) is 5.69 Å². The van der Waals surface area contributed by atoms with Gasteiger partial charge in [0.25, 0.3) is 0 Å². The molecule has 0 heterocycles.